The first-order valence-electron chi connectivity index (χ1n) is 9.12. The largest absolute Gasteiger partial charge is 0.508 e. The number of hydrogen-bond acceptors (Lipinski definition) is 5. The van der Waals surface area contributed by atoms with Crippen LogP contribution >= 0.6 is 0 Å². The highest BCUT2D eigenvalue weighted by molar-refractivity contribution is 5.26. The second-order valence-corrected chi connectivity index (χ2v) is 7.15. The number of piperidine rings is 1. The molecule has 0 bridgehead atoms. The lowest BCUT2D eigenvalue weighted by atomic mass is 9.96. The fourth-order valence-corrected chi connectivity index (χ4v) is 3.60. The zero-order chi connectivity index (χ0) is 16.4. The molecule has 24 heavy (non-hydrogen) atoms. The zero-order valence-corrected chi connectivity index (χ0v) is 14.0. The Balaban J connectivity index is 1.35. The summed E-state index contributed by atoms with van der Waals surface area (Å²) in [5.74, 6) is 2.54. The summed E-state index contributed by atoms with van der Waals surface area (Å²) in [5, 5.41) is 13.6. The molecule has 1 aromatic carbocycles. The second kappa shape index (κ2) is 6.93. The third-order valence-electron chi connectivity index (χ3n) is 5.21. The summed E-state index contributed by atoms with van der Waals surface area (Å²) in [6, 6.07) is 8.16. The fraction of sp³-hybridized carbons (Fsp3) is 0.579. The van der Waals surface area contributed by atoms with Crippen molar-refractivity contribution in [2.24, 2.45) is 0 Å². The summed E-state index contributed by atoms with van der Waals surface area (Å²) in [6.45, 7) is 1.92. The average Bonchev–Trinajstić information content (AvgIpc) is 3.35. The molecule has 2 fully saturated rings. The zero-order valence-electron chi connectivity index (χ0n) is 14.0. The van der Waals surface area contributed by atoms with Crippen LogP contribution in [0.25, 0.3) is 0 Å². The molecule has 2 aliphatic rings. The van der Waals surface area contributed by atoms with Crippen LogP contribution in [0.1, 0.15) is 61.7 Å². The smallest absolute Gasteiger partial charge is 0.229 e. The molecule has 1 aromatic heterocycles. The van der Waals surface area contributed by atoms with Gasteiger partial charge in [-0.15, -0.1) is 0 Å². The van der Waals surface area contributed by atoms with E-state index in [0.717, 1.165) is 37.6 Å². The first-order valence-corrected chi connectivity index (χ1v) is 9.12. The highest BCUT2D eigenvalue weighted by Crippen LogP contribution is 2.39. The van der Waals surface area contributed by atoms with Crippen LogP contribution in [0.5, 0.6) is 5.75 Å². The Hall–Kier alpha value is -1.88. The van der Waals surface area contributed by atoms with E-state index in [1.54, 1.807) is 12.1 Å². The minimum Gasteiger partial charge on any atom is -0.508 e. The van der Waals surface area contributed by atoms with Crippen LogP contribution in [0, 0.1) is 0 Å². The molecule has 0 amide bonds. The van der Waals surface area contributed by atoms with Crippen molar-refractivity contribution in [3.05, 3.63) is 41.5 Å². The number of phenols is 1. The normalized spacial score (nSPS) is 21.9. The lowest BCUT2D eigenvalue weighted by Crippen LogP contribution is -2.39. The molecule has 5 nitrogen and oxygen atoms in total. The molecule has 0 unspecified atom stereocenters. The molecule has 1 saturated heterocycles. The number of aromatic hydroxyl groups is 1. The fourth-order valence-electron chi connectivity index (χ4n) is 3.60. The van der Waals surface area contributed by atoms with Crippen molar-refractivity contribution >= 4 is 0 Å². The molecule has 1 saturated carbocycles. The molecule has 1 aliphatic carbocycles. The summed E-state index contributed by atoms with van der Waals surface area (Å²) in [7, 11) is 0. The predicted molar refractivity (Wildman–Crippen MR) is 90.7 cm³/mol. The number of likely N-dealkylation sites (tertiary alicyclic amines) is 1. The van der Waals surface area contributed by atoms with Crippen LogP contribution in [-0.4, -0.2) is 32.7 Å². The van der Waals surface area contributed by atoms with Crippen molar-refractivity contribution in [3.63, 3.8) is 0 Å². The average molecular weight is 327 g/mol. The lowest BCUT2D eigenvalue weighted by molar-refractivity contribution is 0.128. The van der Waals surface area contributed by atoms with Gasteiger partial charge in [-0.25, -0.2) is 0 Å². The summed E-state index contributed by atoms with van der Waals surface area (Å²) < 4.78 is 5.39. The molecule has 2 heterocycles. The van der Waals surface area contributed by atoms with Gasteiger partial charge in [0.15, 0.2) is 5.82 Å². The van der Waals surface area contributed by atoms with Gasteiger partial charge in [0.25, 0.3) is 0 Å². The number of hydrogen-bond donors (Lipinski definition) is 1. The van der Waals surface area contributed by atoms with Crippen LogP contribution < -0.4 is 0 Å². The van der Waals surface area contributed by atoms with Crippen molar-refractivity contribution in [2.75, 3.05) is 6.54 Å². The number of benzene rings is 1. The van der Waals surface area contributed by atoms with Gasteiger partial charge < -0.3 is 9.63 Å². The van der Waals surface area contributed by atoms with E-state index in [9.17, 15) is 5.11 Å². The van der Waals surface area contributed by atoms with Crippen LogP contribution in [-0.2, 0) is 13.0 Å². The monoisotopic (exact) mass is 327 g/mol. The molecule has 1 N–H and O–H groups in total. The standard InChI is InChI=1S/C19H25N3O2/c23-17-10-5-14(6-11-17)4-9-16-3-1-2-12-22(16)13-18-20-19(24-21-18)15-7-8-15/h5-6,10-11,15-16,23H,1-4,7-9,12-13H2/t16-/m1/s1. The summed E-state index contributed by atoms with van der Waals surface area (Å²) >= 11 is 0. The molecule has 4 rings (SSSR count). The van der Waals surface area contributed by atoms with E-state index in [1.807, 2.05) is 12.1 Å². The number of phenolic OH excluding ortho intramolecular Hbond substituents is 1. The summed E-state index contributed by atoms with van der Waals surface area (Å²) in [5.41, 5.74) is 1.29. The van der Waals surface area contributed by atoms with Gasteiger partial charge in [-0.2, -0.15) is 4.98 Å². The van der Waals surface area contributed by atoms with Crippen LogP contribution in [0.15, 0.2) is 28.8 Å². The molecule has 0 spiro atoms. The Morgan fingerprint density at radius 3 is 2.75 bits per heavy atom. The minimum absolute atomic E-state index is 0.335. The number of aryl methyl sites for hydroxylation is 1. The van der Waals surface area contributed by atoms with Crippen LogP contribution in [0.4, 0.5) is 0 Å². The maximum Gasteiger partial charge on any atom is 0.229 e. The van der Waals surface area contributed by atoms with Gasteiger partial charge in [0, 0.05) is 12.0 Å². The van der Waals surface area contributed by atoms with Gasteiger partial charge in [0.1, 0.15) is 5.75 Å². The van der Waals surface area contributed by atoms with E-state index in [0.29, 0.717) is 17.7 Å². The van der Waals surface area contributed by atoms with Gasteiger partial charge in [0.2, 0.25) is 5.89 Å². The van der Waals surface area contributed by atoms with E-state index in [2.05, 4.69) is 15.0 Å². The summed E-state index contributed by atoms with van der Waals surface area (Å²) in [6.07, 6.45) is 8.37. The van der Waals surface area contributed by atoms with Gasteiger partial charge >= 0.3 is 0 Å². The van der Waals surface area contributed by atoms with E-state index in [1.165, 1.54) is 37.7 Å². The Kier molecular flexibility index (Phi) is 4.52. The van der Waals surface area contributed by atoms with E-state index in [4.69, 9.17) is 4.52 Å². The highest BCUT2D eigenvalue weighted by atomic mass is 16.5. The van der Waals surface area contributed by atoms with Crippen molar-refractivity contribution < 1.29 is 9.63 Å². The number of rotatable bonds is 6. The number of aromatic nitrogens is 2. The van der Waals surface area contributed by atoms with Gasteiger partial charge in [0.05, 0.1) is 6.54 Å². The Morgan fingerprint density at radius 2 is 1.96 bits per heavy atom. The Bertz CT molecular complexity index is 664. The van der Waals surface area contributed by atoms with Gasteiger partial charge in [-0.05, 0) is 62.8 Å². The lowest BCUT2D eigenvalue weighted by Gasteiger charge is -2.35. The van der Waals surface area contributed by atoms with Crippen LogP contribution in [0.3, 0.4) is 0 Å². The summed E-state index contributed by atoms with van der Waals surface area (Å²) in [4.78, 5) is 7.10. The molecule has 128 valence electrons. The maximum atomic E-state index is 9.39. The first kappa shape index (κ1) is 15.6. The SMILES string of the molecule is Oc1ccc(CC[C@H]2CCCCN2Cc2noc(C3CC3)n2)cc1. The molecule has 0 radical (unpaired) electrons. The van der Waals surface area contributed by atoms with E-state index < -0.39 is 0 Å². The molecular weight excluding hydrogens is 302 g/mol. The van der Waals surface area contributed by atoms with E-state index >= 15 is 0 Å². The van der Waals surface area contributed by atoms with Crippen LogP contribution in [0.2, 0.25) is 0 Å². The van der Waals surface area contributed by atoms with Crippen molar-refractivity contribution in [3.8, 4) is 5.75 Å². The molecule has 2 aromatic rings. The third-order valence-corrected chi connectivity index (χ3v) is 5.21. The topological polar surface area (TPSA) is 62.4 Å². The van der Waals surface area contributed by atoms with Crippen molar-refractivity contribution in [1.82, 2.24) is 15.0 Å². The van der Waals surface area contributed by atoms with Gasteiger partial charge in [-0.3, -0.25) is 4.90 Å². The van der Waals surface area contributed by atoms with Crippen molar-refractivity contribution in [1.29, 1.82) is 0 Å². The Morgan fingerprint density at radius 1 is 1.12 bits per heavy atom. The highest BCUT2D eigenvalue weighted by Gasteiger charge is 2.30. The Labute approximate surface area is 142 Å². The molecule has 1 aliphatic heterocycles. The quantitative estimate of drug-likeness (QED) is 0.877. The number of nitrogens with zero attached hydrogens (tertiary/aromatic N) is 3. The molecular formula is C19H25N3O2. The second-order valence-electron chi connectivity index (χ2n) is 7.15. The van der Waals surface area contributed by atoms with E-state index in [-0.39, 0.29) is 0 Å². The minimum atomic E-state index is 0.335. The first-order chi connectivity index (χ1) is 11.8. The third kappa shape index (κ3) is 3.78. The van der Waals surface area contributed by atoms with Gasteiger partial charge in [-0.1, -0.05) is 23.7 Å². The predicted octanol–water partition coefficient (Wildman–Crippen LogP) is 3.64. The molecule has 1 atom stereocenters. The van der Waals surface area contributed by atoms with Crippen molar-refractivity contribution in [2.45, 2.75) is 63.5 Å². The maximum absolute atomic E-state index is 9.39. The molecule has 5 heteroatoms.